The van der Waals surface area contributed by atoms with Crippen LogP contribution in [0, 0.1) is 0 Å². The fourth-order valence-electron chi connectivity index (χ4n) is 4.33. The fraction of sp³-hybridized carbons (Fsp3) is 0.259. The number of hydrazine groups is 1. The number of carbonyl (C=O) groups excluding carboxylic acids is 2. The van der Waals surface area contributed by atoms with E-state index in [-0.39, 0.29) is 11.8 Å². The van der Waals surface area contributed by atoms with Gasteiger partial charge in [0.1, 0.15) is 0 Å². The number of hydrogen-bond acceptors (Lipinski definition) is 5. The normalized spacial score (nSPS) is 13.9. The number of carbonyl (C=O) groups is 2. The number of nitrogens with zero attached hydrogens (tertiary/aromatic N) is 4. The summed E-state index contributed by atoms with van der Waals surface area (Å²) in [6.07, 6.45) is 9.60. The summed E-state index contributed by atoms with van der Waals surface area (Å²) in [5, 5.41) is 11.7. The van der Waals surface area contributed by atoms with Crippen LogP contribution >= 0.6 is 0 Å². The zero-order valence-electron chi connectivity index (χ0n) is 20.0. The van der Waals surface area contributed by atoms with Crippen LogP contribution in [-0.4, -0.2) is 49.7 Å². The average Bonchev–Trinajstić information content (AvgIpc) is 3.59. The Balaban J connectivity index is 1.32. The van der Waals surface area contributed by atoms with Crippen molar-refractivity contribution in [1.29, 1.82) is 0 Å². The van der Waals surface area contributed by atoms with Crippen LogP contribution in [-0.2, 0) is 11.2 Å². The molecule has 2 amide bonds. The second-order valence-electron chi connectivity index (χ2n) is 8.87. The van der Waals surface area contributed by atoms with Crippen LogP contribution in [0.3, 0.4) is 0 Å². The molecule has 0 unspecified atom stereocenters. The SMILES string of the molecule is O=C(CCc1cn(-c2ccccc2)c(NC(=O)c2cccc(-c3cn[nH]c3)c2)n1)NN1CCCCC1. The Morgan fingerprint density at radius 3 is 2.58 bits per heavy atom. The lowest BCUT2D eigenvalue weighted by Gasteiger charge is -2.26. The van der Waals surface area contributed by atoms with Gasteiger partial charge in [-0.15, -0.1) is 0 Å². The van der Waals surface area contributed by atoms with E-state index in [1.165, 1.54) is 6.42 Å². The lowest BCUT2D eigenvalue weighted by atomic mass is 10.1. The summed E-state index contributed by atoms with van der Waals surface area (Å²) >= 11 is 0. The molecule has 5 rings (SSSR count). The van der Waals surface area contributed by atoms with Crippen molar-refractivity contribution in [3.63, 3.8) is 0 Å². The number of aryl methyl sites for hydroxylation is 1. The lowest BCUT2D eigenvalue weighted by Crippen LogP contribution is -2.45. The van der Waals surface area contributed by atoms with Crippen molar-refractivity contribution in [3.8, 4) is 16.8 Å². The quantitative estimate of drug-likeness (QED) is 0.352. The van der Waals surface area contributed by atoms with Gasteiger partial charge in [-0.2, -0.15) is 5.10 Å². The first kappa shape index (κ1) is 23.5. The van der Waals surface area contributed by atoms with Crippen LogP contribution in [0.1, 0.15) is 41.7 Å². The summed E-state index contributed by atoms with van der Waals surface area (Å²) in [6.45, 7) is 1.79. The minimum absolute atomic E-state index is 0.0205. The Hall–Kier alpha value is -4.24. The Bertz CT molecular complexity index is 1310. The highest BCUT2D eigenvalue weighted by Gasteiger charge is 2.17. The Kier molecular flexibility index (Phi) is 7.18. The van der Waals surface area contributed by atoms with Gasteiger partial charge in [0, 0.05) is 55.1 Å². The summed E-state index contributed by atoms with van der Waals surface area (Å²) in [5.74, 6) is 0.122. The first-order valence-electron chi connectivity index (χ1n) is 12.2. The van der Waals surface area contributed by atoms with E-state index in [0.29, 0.717) is 24.4 Å². The highest BCUT2D eigenvalue weighted by atomic mass is 16.2. The van der Waals surface area contributed by atoms with E-state index in [9.17, 15) is 9.59 Å². The standard InChI is InChI=1S/C27H29N7O2/c35-25(32-33-14-5-2-6-15-33)13-12-23-19-34(24-10-3-1-4-11-24)27(30-23)31-26(36)21-9-7-8-20(16-21)22-17-28-29-18-22/h1,3-4,7-11,16-19H,2,5-6,12-15H2,(H,28,29)(H,32,35)(H,30,31,36). The predicted octanol–water partition coefficient (Wildman–Crippen LogP) is 3.96. The zero-order valence-corrected chi connectivity index (χ0v) is 20.0. The highest BCUT2D eigenvalue weighted by molar-refractivity contribution is 6.04. The molecule has 0 bridgehead atoms. The van der Waals surface area contributed by atoms with E-state index in [2.05, 4.69) is 25.9 Å². The summed E-state index contributed by atoms with van der Waals surface area (Å²) in [6, 6.07) is 17.1. The Morgan fingerprint density at radius 2 is 1.81 bits per heavy atom. The van der Waals surface area contributed by atoms with Gasteiger partial charge >= 0.3 is 0 Å². The molecule has 9 heteroatoms. The van der Waals surface area contributed by atoms with Crippen molar-refractivity contribution in [2.45, 2.75) is 32.1 Å². The number of piperidine rings is 1. The largest absolute Gasteiger partial charge is 0.292 e. The third-order valence-corrected chi connectivity index (χ3v) is 6.22. The second-order valence-corrected chi connectivity index (χ2v) is 8.87. The van der Waals surface area contributed by atoms with Crippen LogP contribution in [0.4, 0.5) is 5.95 Å². The van der Waals surface area contributed by atoms with Gasteiger partial charge < -0.3 is 0 Å². The number of imidazole rings is 1. The van der Waals surface area contributed by atoms with Crippen molar-refractivity contribution in [1.82, 2.24) is 30.2 Å². The van der Waals surface area contributed by atoms with Gasteiger partial charge in [-0.05, 0) is 42.7 Å². The molecule has 3 N–H and O–H groups in total. The number of para-hydroxylation sites is 1. The lowest BCUT2D eigenvalue weighted by molar-refractivity contribution is -0.126. The molecule has 2 aromatic heterocycles. The smallest absolute Gasteiger partial charge is 0.258 e. The number of amides is 2. The molecule has 1 aliphatic rings. The molecule has 2 aromatic carbocycles. The van der Waals surface area contributed by atoms with Crippen molar-refractivity contribution >= 4 is 17.8 Å². The number of anilines is 1. The first-order chi connectivity index (χ1) is 17.7. The average molecular weight is 484 g/mol. The summed E-state index contributed by atoms with van der Waals surface area (Å²) in [4.78, 5) is 30.3. The molecule has 0 saturated carbocycles. The molecular formula is C27H29N7O2. The summed E-state index contributed by atoms with van der Waals surface area (Å²) in [5.41, 5.74) is 6.91. The number of aromatic amines is 1. The predicted molar refractivity (Wildman–Crippen MR) is 137 cm³/mol. The molecule has 0 atom stereocenters. The Labute approximate surface area is 209 Å². The molecule has 3 heterocycles. The van der Waals surface area contributed by atoms with Gasteiger partial charge in [-0.1, -0.05) is 36.8 Å². The van der Waals surface area contributed by atoms with Crippen LogP contribution in [0.15, 0.2) is 73.2 Å². The van der Waals surface area contributed by atoms with Crippen molar-refractivity contribution in [2.24, 2.45) is 0 Å². The number of hydrogen-bond donors (Lipinski definition) is 3. The molecule has 184 valence electrons. The van der Waals surface area contributed by atoms with Gasteiger partial charge in [0.25, 0.3) is 5.91 Å². The van der Waals surface area contributed by atoms with Crippen LogP contribution in [0.25, 0.3) is 16.8 Å². The molecule has 4 aromatic rings. The number of aromatic nitrogens is 4. The van der Waals surface area contributed by atoms with E-state index in [1.54, 1.807) is 18.5 Å². The zero-order chi connectivity index (χ0) is 24.7. The van der Waals surface area contributed by atoms with Crippen LogP contribution < -0.4 is 10.7 Å². The van der Waals surface area contributed by atoms with E-state index in [0.717, 1.165) is 48.4 Å². The minimum atomic E-state index is -0.266. The van der Waals surface area contributed by atoms with Gasteiger partial charge in [-0.25, -0.2) is 9.99 Å². The molecule has 1 aliphatic heterocycles. The van der Waals surface area contributed by atoms with Crippen molar-refractivity contribution in [3.05, 3.63) is 84.4 Å². The minimum Gasteiger partial charge on any atom is -0.292 e. The molecule has 0 spiro atoms. The number of H-pyrrole nitrogens is 1. The molecule has 0 aliphatic carbocycles. The maximum absolute atomic E-state index is 13.2. The summed E-state index contributed by atoms with van der Waals surface area (Å²) in [7, 11) is 0. The van der Waals surface area contributed by atoms with Gasteiger partial charge in [0.15, 0.2) is 0 Å². The third kappa shape index (κ3) is 5.69. The van der Waals surface area contributed by atoms with Crippen LogP contribution in [0.2, 0.25) is 0 Å². The maximum Gasteiger partial charge on any atom is 0.258 e. The topological polar surface area (TPSA) is 108 Å². The van der Waals surface area contributed by atoms with E-state index >= 15 is 0 Å². The fourth-order valence-corrected chi connectivity index (χ4v) is 4.33. The van der Waals surface area contributed by atoms with E-state index in [1.807, 2.05) is 64.3 Å². The number of rotatable bonds is 8. The van der Waals surface area contributed by atoms with Crippen molar-refractivity contribution < 1.29 is 9.59 Å². The molecular weight excluding hydrogens is 454 g/mol. The number of nitrogens with one attached hydrogen (secondary N) is 3. The van der Waals surface area contributed by atoms with Gasteiger partial charge in [-0.3, -0.25) is 30.0 Å². The molecule has 9 nitrogen and oxygen atoms in total. The number of benzene rings is 2. The Morgan fingerprint density at radius 1 is 0.972 bits per heavy atom. The van der Waals surface area contributed by atoms with Crippen molar-refractivity contribution in [2.75, 3.05) is 18.4 Å². The first-order valence-corrected chi connectivity index (χ1v) is 12.2. The molecule has 1 saturated heterocycles. The highest BCUT2D eigenvalue weighted by Crippen LogP contribution is 2.21. The third-order valence-electron chi connectivity index (χ3n) is 6.22. The molecule has 0 radical (unpaired) electrons. The van der Waals surface area contributed by atoms with E-state index < -0.39 is 0 Å². The molecule has 1 fully saturated rings. The van der Waals surface area contributed by atoms with E-state index in [4.69, 9.17) is 0 Å². The van der Waals surface area contributed by atoms with Gasteiger partial charge in [0.2, 0.25) is 11.9 Å². The van der Waals surface area contributed by atoms with Crippen LogP contribution in [0.5, 0.6) is 0 Å². The monoisotopic (exact) mass is 483 g/mol. The maximum atomic E-state index is 13.2. The van der Waals surface area contributed by atoms with Gasteiger partial charge in [0.05, 0.1) is 11.9 Å². The second kappa shape index (κ2) is 11.0. The summed E-state index contributed by atoms with van der Waals surface area (Å²) < 4.78 is 1.84. The molecule has 36 heavy (non-hydrogen) atoms.